The average molecular weight is 600 g/mol. The number of aromatic amines is 1. The molecular weight excluding hydrogens is 586 g/mol. The number of phosphoric acid groups is 3. The molecule has 35 heavy (non-hydrogen) atoms. The number of imidazole rings is 1. The van der Waals surface area contributed by atoms with Crippen LogP contribution in [-0.4, -0.2) is 68.7 Å². The highest BCUT2D eigenvalue weighted by atomic mass is 35.5. The Labute approximate surface area is 203 Å². The predicted octanol–water partition coefficient (Wildman–Crippen LogP) is 0.581. The summed E-state index contributed by atoms with van der Waals surface area (Å²) in [5, 5.41) is 12.2. The van der Waals surface area contributed by atoms with E-state index in [0.29, 0.717) is 0 Å². The number of H-pyrrole nitrogens is 1. The van der Waals surface area contributed by atoms with Gasteiger partial charge in [-0.2, -0.15) is 13.6 Å². The molecule has 2 aromatic rings. The monoisotopic (exact) mass is 599 g/mol. The quantitative estimate of drug-likeness (QED) is 0.124. The van der Waals surface area contributed by atoms with E-state index in [2.05, 4.69) is 28.1 Å². The minimum atomic E-state index is -5.80. The first-order valence-electron chi connectivity index (χ1n) is 8.64. The summed E-state index contributed by atoms with van der Waals surface area (Å²) in [4.78, 5) is 46.3. The van der Waals surface area contributed by atoms with Gasteiger partial charge in [0.25, 0.3) is 0 Å². The van der Waals surface area contributed by atoms with Crippen LogP contribution in [0.1, 0.15) is 6.23 Å². The Balaban J connectivity index is 1.87. The van der Waals surface area contributed by atoms with Crippen LogP contribution in [0.5, 0.6) is 0 Å². The van der Waals surface area contributed by atoms with Gasteiger partial charge in [0, 0.05) is 5.38 Å². The highest BCUT2D eigenvalue weighted by Gasteiger charge is 2.58. The fourth-order valence-corrected chi connectivity index (χ4v) is 6.37. The van der Waals surface area contributed by atoms with E-state index in [1.807, 2.05) is 5.92 Å². The lowest BCUT2D eigenvalue weighted by Gasteiger charge is -2.23. The minimum Gasteiger partial charge on any atom is -0.386 e. The Morgan fingerprint density at radius 3 is 2.57 bits per heavy atom. The summed E-state index contributed by atoms with van der Waals surface area (Å²) in [6.45, 7) is -1.17. The Hall–Kier alpha value is -1.32. The molecule has 1 aliphatic heterocycles. The maximum atomic E-state index is 15.8. The van der Waals surface area contributed by atoms with E-state index in [9.17, 15) is 28.6 Å². The summed E-state index contributed by atoms with van der Waals surface area (Å²) in [6.07, 6.45) is -4.81. The maximum Gasteiger partial charge on any atom is 0.490 e. The maximum absolute atomic E-state index is 15.8. The number of hydrogen-bond acceptors (Lipinski definition) is 12. The average Bonchev–Trinajstić information content (AvgIpc) is 3.17. The molecule has 0 radical (unpaired) electrons. The number of fused-ring (bicyclic) bond motifs is 1. The van der Waals surface area contributed by atoms with Gasteiger partial charge in [-0.05, 0) is 17.5 Å². The van der Waals surface area contributed by atoms with Crippen molar-refractivity contribution >= 4 is 64.4 Å². The number of aliphatic hydroxyl groups excluding tert-OH is 1. The third-order valence-electron chi connectivity index (χ3n) is 4.21. The lowest BCUT2D eigenvalue weighted by Crippen LogP contribution is -2.42. The predicted molar refractivity (Wildman–Crippen MR) is 114 cm³/mol. The van der Waals surface area contributed by atoms with E-state index in [-0.39, 0.29) is 21.8 Å². The number of aromatic nitrogens is 4. The van der Waals surface area contributed by atoms with Crippen molar-refractivity contribution in [2.45, 2.75) is 24.1 Å². The number of aliphatic hydroxyl groups is 1. The molecule has 0 bridgehead atoms. The second-order valence-corrected chi connectivity index (χ2v) is 11.6. The Bertz CT molecular complexity index is 1410. The second-order valence-electron chi connectivity index (χ2n) is 6.62. The first-order valence-corrected chi connectivity index (χ1v) is 13.9. The highest BCUT2D eigenvalue weighted by molar-refractivity contribution is 7.71. The third-order valence-corrected chi connectivity index (χ3v) is 8.40. The number of nitrogens with zero attached hydrogens (tertiary/aromatic N) is 3. The van der Waals surface area contributed by atoms with E-state index in [1.54, 1.807) is 5.38 Å². The molecule has 0 amide bonds. The van der Waals surface area contributed by atoms with E-state index in [1.165, 1.54) is 0 Å². The zero-order chi connectivity index (χ0) is 26.4. The molecule has 1 aliphatic rings. The van der Waals surface area contributed by atoms with Gasteiger partial charge in [0.1, 0.15) is 22.4 Å². The van der Waals surface area contributed by atoms with Gasteiger partial charge in [-0.15, -0.1) is 0 Å². The normalized spacial score (nSPS) is 28.3. The lowest BCUT2D eigenvalue weighted by atomic mass is 9.97. The molecule has 0 saturated carbocycles. The van der Waals surface area contributed by atoms with Gasteiger partial charge >= 0.3 is 23.5 Å². The topological polar surface area (TPSA) is 262 Å². The van der Waals surface area contributed by atoms with Crippen LogP contribution in [0.3, 0.4) is 0 Å². The number of alkyl halides is 1. The van der Waals surface area contributed by atoms with Gasteiger partial charge in [0.05, 0.1) is 12.9 Å². The molecule has 0 aliphatic carbocycles. The zero-order valence-electron chi connectivity index (χ0n) is 16.5. The fourth-order valence-electron chi connectivity index (χ4n) is 2.95. The molecule has 6 atom stereocenters. The highest BCUT2D eigenvalue weighted by Crippen LogP contribution is 2.66. The summed E-state index contributed by atoms with van der Waals surface area (Å²) in [5.41, 5.74) is 2.61. The molecule has 1 fully saturated rings. The first kappa shape index (κ1) is 28.3. The van der Waals surface area contributed by atoms with Crippen molar-refractivity contribution in [3.8, 4) is 11.3 Å². The van der Waals surface area contributed by atoms with Gasteiger partial charge < -0.3 is 40.1 Å². The summed E-state index contributed by atoms with van der Waals surface area (Å²) in [7, 11) is -17.0. The second kappa shape index (κ2) is 9.86. The van der Waals surface area contributed by atoms with Gasteiger partial charge in [0.2, 0.25) is 11.6 Å². The van der Waals surface area contributed by atoms with Crippen molar-refractivity contribution in [2.24, 2.45) is 0 Å². The van der Waals surface area contributed by atoms with Crippen LogP contribution in [0.15, 0.2) is 6.33 Å². The van der Waals surface area contributed by atoms with Crippen LogP contribution in [-0.2, 0) is 31.6 Å². The summed E-state index contributed by atoms with van der Waals surface area (Å²) in [6, 6.07) is 0. The molecular formula is C12H14ClFN5O12P3S. The van der Waals surface area contributed by atoms with Crippen molar-refractivity contribution in [3.05, 3.63) is 11.0 Å². The standard InChI is InChI=1S/C12H14ClFN5O12P3S/c13-2-1-12(14)7(20)5(3-28-33(24,25)31-34(26,27)30-32(21,22)23)29-10(12)19-4-16-6-8(19)17-11(15)18-9(6)35/h4-5,7,10,20H,3H2,(H,24,25)(H,26,27)(H2,21,22,23)(H3,15,17,18,35)/t5-,7+,10-,12?/m1/s1. The van der Waals surface area contributed by atoms with Crippen LogP contribution in [0.25, 0.3) is 11.2 Å². The molecule has 0 spiro atoms. The number of nitrogens with one attached hydrogen (secondary N) is 1. The summed E-state index contributed by atoms with van der Waals surface area (Å²) in [5.74, 6) is 1.75. The van der Waals surface area contributed by atoms with E-state index >= 15 is 4.39 Å². The van der Waals surface area contributed by atoms with Crippen molar-refractivity contribution in [1.82, 2.24) is 19.5 Å². The van der Waals surface area contributed by atoms with Crippen LogP contribution in [0.4, 0.5) is 10.3 Å². The zero-order valence-corrected chi connectivity index (χ0v) is 20.8. The molecule has 3 unspecified atom stereocenters. The van der Waals surface area contributed by atoms with Crippen LogP contribution in [0, 0.1) is 15.9 Å². The Morgan fingerprint density at radius 2 is 1.97 bits per heavy atom. The van der Waals surface area contributed by atoms with Gasteiger partial charge in [0.15, 0.2) is 11.9 Å². The fraction of sp³-hybridized carbons (Fsp3) is 0.417. The molecule has 3 rings (SSSR count). The number of nitrogens with two attached hydrogens (primary N) is 1. The molecule has 23 heteroatoms. The summed E-state index contributed by atoms with van der Waals surface area (Å²) >= 11 is 10.4. The Morgan fingerprint density at radius 1 is 1.31 bits per heavy atom. The van der Waals surface area contributed by atoms with E-state index in [0.717, 1.165) is 10.9 Å². The first-order chi connectivity index (χ1) is 16.0. The number of hydrogen-bond donors (Lipinski definition) is 7. The molecule has 17 nitrogen and oxygen atoms in total. The molecule has 2 aromatic heterocycles. The smallest absolute Gasteiger partial charge is 0.386 e. The number of halogens is 2. The molecule has 194 valence electrons. The molecule has 1 saturated heterocycles. The third kappa shape index (κ3) is 6.34. The molecule has 8 N–H and O–H groups in total. The van der Waals surface area contributed by atoms with Crippen LogP contribution < -0.4 is 5.73 Å². The van der Waals surface area contributed by atoms with Gasteiger partial charge in [-0.3, -0.25) is 9.09 Å². The van der Waals surface area contributed by atoms with Crippen molar-refractivity contribution < 1.29 is 60.6 Å². The summed E-state index contributed by atoms with van der Waals surface area (Å²) < 4.78 is 67.8. The van der Waals surface area contributed by atoms with Crippen LogP contribution >= 0.6 is 47.3 Å². The van der Waals surface area contributed by atoms with E-state index in [4.69, 9.17) is 44.1 Å². The largest absolute Gasteiger partial charge is 0.490 e. The van der Waals surface area contributed by atoms with Crippen molar-refractivity contribution in [3.63, 3.8) is 0 Å². The number of phosphoric ester groups is 1. The lowest BCUT2D eigenvalue weighted by molar-refractivity contribution is -0.0496. The Kier molecular flexibility index (Phi) is 7.96. The number of nitrogen functional groups attached to an aromatic ring is 1. The van der Waals surface area contributed by atoms with Crippen molar-refractivity contribution in [2.75, 3.05) is 12.3 Å². The van der Waals surface area contributed by atoms with Gasteiger partial charge in [-0.25, -0.2) is 23.1 Å². The number of ether oxygens (including phenoxy) is 1. The minimum absolute atomic E-state index is 0.0434. The SMILES string of the molecule is Nc1nc2c(ncn2[C@@H]2O[C@H](COP(=O)(O)OP(=O)(O)OP(=O)(O)O)[C@H](O)C2(F)C#CCl)c(=S)[nH]1. The number of anilines is 1. The molecule has 0 aromatic carbocycles. The molecule has 3 heterocycles. The van der Waals surface area contributed by atoms with Crippen molar-refractivity contribution in [1.29, 1.82) is 0 Å². The van der Waals surface area contributed by atoms with E-state index < -0.39 is 54.2 Å². The number of rotatable bonds is 8. The van der Waals surface area contributed by atoms with Crippen LogP contribution in [0.2, 0.25) is 0 Å². The van der Waals surface area contributed by atoms with Gasteiger partial charge in [-0.1, -0.05) is 12.2 Å².